The van der Waals surface area contributed by atoms with Gasteiger partial charge in [0.25, 0.3) is 5.91 Å². The fraction of sp³-hybridized carbons (Fsp3) is 0.125. The van der Waals surface area contributed by atoms with Crippen molar-refractivity contribution in [3.8, 4) is 5.69 Å². The van der Waals surface area contributed by atoms with Crippen LogP contribution in [0.1, 0.15) is 16.8 Å². The van der Waals surface area contributed by atoms with E-state index in [9.17, 15) is 14.4 Å². The van der Waals surface area contributed by atoms with Gasteiger partial charge in [-0.3, -0.25) is 9.59 Å². The molecule has 1 aliphatic rings. The molecular weight excluding hydrogens is 428 g/mol. The van der Waals surface area contributed by atoms with Gasteiger partial charge in [0.2, 0.25) is 5.91 Å². The molecule has 32 heavy (non-hydrogen) atoms. The zero-order valence-corrected chi connectivity index (χ0v) is 18.3. The molecule has 2 N–H and O–H groups in total. The number of nitrogens with one attached hydrogen (secondary N) is 2. The van der Waals surface area contributed by atoms with Gasteiger partial charge in [-0.05, 0) is 67.4 Å². The molecule has 8 heteroatoms. The van der Waals surface area contributed by atoms with E-state index in [1.54, 1.807) is 18.2 Å². The van der Waals surface area contributed by atoms with E-state index < -0.39 is 17.8 Å². The molecular formula is C24H21ClN4O3. The Morgan fingerprint density at radius 1 is 1.09 bits per heavy atom. The number of nitrogens with zero attached hydrogens (tertiary/aromatic N) is 2. The number of amides is 4. The molecule has 2 aromatic carbocycles. The smallest absolute Gasteiger partial charge is 0.325 e. The molecule has 1 aromatic heterocycles. The molecule has 7 nitrogen and oxygen atoms in total. The predicted octanol–water partition coefficient (Wildman–Crippen LogP) is 4.28. The quantitative estimate of drug-likeness (QED) is 0.451. The second kappa shape index (κ2) is 8.72. The molecule has 0 radical (unpaired) electrons. The summed E-state index contributed by atoms with van der Waals surface area (Å²) in [4.78, 5) is 38.4. The van der Waals surface area contributed by atoms with Gasteiger partial charge >= 0.3 is 6.03 Å². The Morgan fingerprint density at radius 3 is 2.66 bits per heavy atom. The molecule has 0 saturated carbocycles. The molecule has 1 saturated heterocycles. The number of hydrogen-bond acceptors (Lipinski definition) is 3. The third-order valence-corrected chi connectivity index (χ3v) is 5.48. The minimum Gasteiger partial charge on any atom is -0.325 e. The standard InChI is InChI=1S/C24H21ClN4O3/c1-15-5-3-6-17(11-15)26-22(30)14-29-23(31)21(27-24(29)32)13-18-7-4-10-28(18)19-9-8-16(2)20(25)12-19/h3-13H,14H2,1-2H3,(H,26,30)(H,27,32)/b21-13+. The largest absolute Gasteiger partial charge is 0.329 e. The summed E-state index contributed by atoms with van der Waals surface area (Å²) in [6.45, 7) is 3.44. The molecule has 1 fully saturated rings. The Labute approximate surface area is 190 Å². The first-order valence-corrected chi connectivity index (χ1v) is 10.3. The zero-order valence-electron chi connectivity index (χ0n) is 17.6. The number of imide groups is 1. The van der Waals surface area contributed by atoms with Crippen LogP contribution in [0, 0.1) is 13.8 Å². The Balaban J connectivity index is 1.51. The first-order valence-electron chi connectivity index (χ1n) is 9.97. The highest BCUT2D eigenvalue weighted by molar-refractivity contribution is 6.31. The molecule has 0 aliphatic carbocycles. The SMILES string of the molecule is Cc1cccc(NC(=O)CN2C(=O)N/C(=C/c3cccn3-c3ccc(C)c(Cl)c3)C2=O)c1. The number of rotatable bonds is 5. The van der Waals surface area contributed by atoms with Crippen LogP contribution in [0.25, 0.3) is 11.8 Å². The van der Waals surface area contributed by atoms with Crippen LogP contribution in [0.3, 0.4) is 0 Å². The molecule has 4 amide bonds. The van der Waals surface area contributed by atoms with Gasteiger partial charge in [0.1, 0.15) is 12.2 Å². The van der Waals surface area contributed by atoms with Crippen LogP contribution >= 0.6 is 11.6 Å². The first-order chi connectivity index (χ1) is 15.3. The topological polar surface area (TPSA) is 83.4 Å². The molecule has 4 rings (SSSR count). The van der Waals surface area contributed by atoms with Crippen molar-refractivity contribution < 1.29 is 14.4 Å². The van der Waals surface area contributed by atoms with Gasteiger partial charge in [-0.15, -0.1) is 0 Å². The minimum absolute atomic E-state index is 0.0940. The lowest BCUT2D eigenvalue weighted by Gasteiger charge is -2.12. The third kappa shape index (κ3) is 4.43. The molecule has 0 bridgehead atoms. The van der Waals surface area contributed by atoms with Crippen LogP contribution in [0.15, 0.2) is 66.5 Å². The summed E-state index contributed by atoms with van der Waals surface area (Å²) < 4.78 is 1.85. The molecule has 1 aliphatic heterocycles. The highest BCUT2D eigenvalue weighted by Crippen LogP contribution is 2.23. The fourth-order valence-corrected chi connectivity index (χ4v) is 3.58. The van der Waals surface area contributed by atoms with E-state index in [-0.39, 0.29) is 12.2 Å². The van der Waals surface area contributed by atoms with E-state index in [4.69, 9.17) is 11.6 Å². The van der Waals surface area contributed by atoms with Crippen molar-refractivity contribution >= 4 is 41.2 Å². The Hall–Kier alpha value is -3.84. The van der Waals surface area contributed by atoms with Crippen molar-refractivity contribution in [1.29, 1.82) is 0 Å². The summed E-state index contributed by atoms with van der Waals surface area (Å²) >= 11 is 6.25. The number of hydrogen-bond donors (Lipinski definition) is 2. The lowest BCUT2D eigenvalue weighted by atomic mass is 10.2. The number of aromatic nitrogens is 1. The Bertz CT molecular complexity index is 1260. The van der Waals surface area contributed by atoms with E-state index in [2.05, 4.69) is 10.6 Å². The number of urea groups is 1. The fourth-order valence-electron chi connectivity index (χ4n) is 3.41. The maximum Gasteiger partial charge on any atom is 0.329 e. The summed E-state index contributed by atoms with van der Waals surface area (Å²) in [6, 6.07) is 15.9. The van der Waals surface area contributed by atoms with Crippen molar-refractivity contribution in [1.82, 2.24) is 14.8 Å². The normalized spacial score (nSPS) is 14.7. The van der Waals surface area contributed by atoms with Gasteiger partial charge < -0.3 is 15.2 Å². The lowest BCUT2D eigenvalue weighted by molar-refractivity contribution is -0.127. The maximum atomic E-state index is 12.8. The van der Waals surface area contributed by atoms with Crippen LogP contribution in [0.2, 0.25) is 5.02 Å². The monoisotopic (exact) mass is 448 g/mol. The molecule has 162 valence electrons. The Morgan fingerprint density at radius 2 is 1.91 bits per heavy atom. The minimum atomic E-state index is -0.642. The number of carbonyl (C=O) groups excluding carboxylic acids is 3. The van der Waals surface area contributed by atoms with Crippen LogP contribution in [-0.4, -0.2) is 33.9 Å². The summed E-state index contributed by atoms with van der Waals surface area (Å²) in [5, 5.41) is 5.88. The summed E-state index contributed by atoms with van der Waals surface area (Å²) in [6.07, 6.45) is 3.41. The lowest BCUT2D eigenvalue weighted by Crippen LogP contribution is -2.38. The van der Waals surface area contributed by atoms with Gasteiger partial charge in [-0.25, -0.2) is 9.69 Å². The van der Waals surface area contributed by atoms with Gasteiger partial charge in [-0.2, -0.15) is 0 Å². The van der Waals surface area contributed by atoms with Crippen molar-refractivity contribution in [2.45, 2.75) is 13.8 Å². The second-order valence-corrected chi connectivity index (χ2v) is 7.94. The van der Waals surface area contributed by atoms with Gasteiger partial charge in [-0.1, -0.05) is 29.8 Å². The van der Waals surface area contributed by atoms with E-state index >= 15 is 0 Å². The third-order valence-electron chi connectivity index (χ3n) is 5.07. The van der Waals surface area contributed by atoms with Crippen molar-refractivity contribution in [3.63, 3.8) is 0 Å². The van der Waals surface area contributed by atoms with Crippen LogP contribution in [-0.2, 0) is 9.59 Å². The average Bonchev–Trinajstić information content (AvgIpc) is 3.30. The molecule has 0 spiro atoms. The highest BCUT2D eigenvalue weighted by atomic mass is 35.5. The van der Waals surface area contributed by atoms with Gasteiger partial charge in [0.15, 0.2) is 0 Å². The maximum absolute atomic E-state index is 12.8. The van der Waals surface area contributed by atoms with Crippen LogP contribution < -0.4 is 10.6 Å². The van der Waals surface area contributed by atoms with E-state index in [0.29, 0.717) is 16.4 Å². The summed E-state index contributed by atoms with van der Waals surface area (Å²) in [5.41, 5.74) is 4.15. The zero-order chi connectivity index (χ0) is 22.8. The highest BCUT2D eigenvalue weighted by Gasteiger charge is 2.35. The second-order valence-electron chi connectivity index (χ2n) is 7.53. The number of carbonyl (C=O) groups is 3. The predicted molar refractivity (Wildman–Crippen MR) is 124 cm³/mol. The van der Waals surface area contributed by atoms with Crippen molar-refractivity contribution in [3.05, 3.63) is 88.3 Å². The van der Waals surface area contributed by atoms with Crippen molar-refractivity contribution in [2.24, 2.45) is 0 Å². The number of halogens is 1. The van der Waals surface area contributed by atoms with E-state index in [1.165, 1.54) is 0 Å². The molecule has 0 atom stereocenters. The first kappa shape index (κ1) is 21.4. The number of aryl methyl sites for hydroxylation is 2. The molecule has 0 unspecified atom stereocenters. The summed E-state index contributed by atoms with van der Waals surface area (Å²) in [7, 11) is 0. The Kier molecular flexibility index (Phi) is 5.83. The number of anilines is 1. The van der Waals surface area contributed by atoms with Crippen LogP contribution in [0.4, 0.5) is 10.5 Å². The summed E-state index contributed by atoms with van der Waals surface area (Å²) in [5.74, 6) is -1.03. The number of benzene rings is 2. The van der Waals surface area contributed by atoms with Gasteiger partial charge in [0, 0.05) is 28.3 Å². The van der Waals surface area contributed by atoms with Crippen molar-refractivity contribution in [2.75, 3.05) is 11.9 Å². The van der Waals surface area contributed by atoms with E-state index in [1.807, 2.05) is 67.1 Å². The van der Waals surface area contributed by atoms with E-state index in [0.717, 1.165) is 21.7 Å². The van der Waals surface area contributed by atoms with Crippen LogP contribution in [0.5, 0.6) is 0 Å². The molecule has 2 heterocycles. The van der Waals surface area contributed by atoms with Gasteiger partial charge in [0.05, 0.1) is 0 Å². The molecule has 3 aromatic rings. The average molecular weight is 449 g/mol.